The van der Waals surface area contributed by atoms with Gasteiger partial charge in [-0.25, -0.2) is 0 Å². The van der Waals surface area contributed by atoms with Crippen LogP contribution in [0.4, 0.5) is 0 Å². The molecule has 0 saturated carbocycles. The van der Waals surface area contributed by atoms with Crippen LogP contribution < -0.4 is 16.0 Å². The van der Waals surface area contributed by atoms with Gasteiger partial charge in [0.05, 0.1) is 6.54 Å². The third-order valence-corrected chi connectivity index (χ3v) is 3.80. The summed E-state index contributed by atoms with van der Waals surface area (Å²) in [7, 11) is 3.36. The number of hydrogen-bond donors (Lipinski definition) is 3. The number of guanidine groups is 1. The van der Waals surface area contributed by atoms with Gasteiger partial charge in [0.25, 0.3) is 5.91 Å². The van der Waals surface area contributed by atoms with Gasteiger partial charge in [0.1, 0.15) is 6.33 Å². The van der Waals surface area contributed by atoms with Crippen molar-refractivity contribution in [1.82, 2.24) is 30.7 Å². The summed E-state index contributed by atoms with van der Waals surface area (Å²) in [6.07, 6.45) is 2.50. The predicted octanol–water partition coefficient (Wildman–Crippen LogP) is 1.18. The van der Waals surface area contributed by atoms with Gasteiger partial charge >= 0.3 is 0 Å². The number of carbonyl (C=O) groups is 1. The third kappa shape index (κ3) is 6.28. The molecule has 1 aromatic heterocycles. The predicted molar refractivity (Wildman–Crippen MR) is 113 cm³/mol. The molecule has 0 aliphatic heterocycles. The molecular formula is C17H26IN7O. The molecule has 0 aliphatic rings. The van der Waals surface area contributed by atoms with Crippen molar-refractivity contribution < 1.29 is 4.79 Å². The molecule has 0 atom stereocenters. The number of aliphatic imine (C=N–C) groups is 1. The molecule has 0 fully saturated rings. The Bertz CT molecular complexity index is 729. The van der Waals surface area contributed by atoms with Crippen molar-refractivity contribution in [2.24, 2.45) is 4.99 Å². The first-order valence-electron chi connectivity index (χ1n) is 8.30. The molecule has 8 nitrogen and oxygen atoms in total. The molecule has 0 unspecified atom stereocenters. The smallest absolute Gasteiger partial charge is 0.251 e. The summed E-state index contributed by atoms with van der Waals surface area (Å²) in [6.45, 7) is 4.14. The van der Waals surface area contributed by atoms with Crippen molar-refractivity contribution in [2.45, 2.75) is 26.4 Å². The SMILES string of the molecule is CCn1cnnc1CNC(=NC)NCCc1cccc(C(=O)NC)c1.I. The van der Waals surface area contributed by atoms with E-state index in [0.29, 0.717) is 24.6 Å². The lowest BCUT2D eigenvalue weighted by atomic mass is 10.1. The first-order chi connectivity index (χ1) is 12.2. The van der Waals surface area contributed by atoms with Crippen molar-refractivity contribution in [3.8, 4) is 0 Å². The van der Waals surface area contributed by atoms with E-state index in [0.717, 1.165) is 24.4 Å². The van der Waals surface area contributed by atoms with E-state index >= 15 is 0 Å². The Hall–Kier alpha value is -2.17. The molecule has 9 heteroatoms. The number of rotatable bonds is 7. The Morgan fingerprint density at radius 2 is 2.12 bits per heavy atom. The number of hydrogen-bond acceptors (Lipinski definition) is 4. The topological polar surface area (TPSA) is 96.2 Å². The van der Waals surface area contributed by atoms with Crippen LogP contribution in [0.1, 0.15) is 28.7 Å². The zero-order valence-electron chi connectivity index (χ0n) is 15.3. The van der Waals surface area contributed by atoms with Gasteiger partial charge < -0.3 is 20.5 Å². The molecule has 26 heavy (non-hydrogen) atoms. The second-order valence-corrected chi connectivity index (χ2v) is 5.42. The number of nitrogens with one attached hydrogen (secondary N) is 3. The summed E-state index contributed by atoms with van der Waals surface area (Å²) < 4.78 is 1.98. The molecule has 1 aromatic carbocycles. The normalized spacial score (nSPS) is 10.8. The minimum Gasteiger partial charge on any atom is -0.356 e. The molecular weight excluding hydrogens is 445 g/mol. The van der Waals surface area contributed by atoms with E-state index in [-0.39, 0.29) is 29.9 Å². The van der Waals surface area contributed by atoms with Gasteiger partial charge in [0, 0.05) is 32.7 Å². The lowest BCUT2D eigenvalue weighted by molar-refractivity contribution is 0.0963. The minimum absolute atomic E-state index is 0. The molecule has 0 spiro atoms. The molecule has 3 N–H and O–H groups in total. The fourth-order valence-corrected chi connectivity index (χ4v) is 2.40. The molecule has 2 aromatic rings. The molecule has 1 amide bonds. The van der Waals surface area contributed by atoms with E-state index in [1.54, 1.807) is 26.5 Å². The lowest BCUT2D eigenvalue weighted by Crippen LogP contribution is -2.38. The second kappa shape index (κ2) is 11.4. The van der Waals surface area contributed by atoms with E-state index in [1.165, 1.54) is 0 Å². The van der Waals surface area contributed by atoms with E-state index in [2.05, 4.69) is 31.1 Å². The Morgan fingerprint density at radius 1 is 1.31 bits per heavy atom. The summed E-state index contributed by atoms with van der Waals surface area (Å²) in [6, 6.07) is 7.61. The Kier molecular flexibility index (Phi) is 9.63. The van der Waals surface area contributed by atoms with Crippen molar-refractivity contribution in [3.63, 3.8) is 0 Å². The highest BCUT2D eigenvalue weighted by molar-refractivity contribution is 14.0. The number of aromatic nitrogens is 3. The van der Waals surface area contributed by atoms with Crippen LogP contribution in [0.5, 0.6) is 0 Å². The van der Waals surface area contributed by atoms with Gasteiger partial charge in [0.15, 0.2) is 11.8 Å². The average Bonchev–Trinajstić information content (AvgIpc) is 3.11. The van der Waals surface area contributed by atoms with Gasteiger partial charge in [0.2, 0.25) is 0 Å². The largest absolute Gasteiger partial charge is 0.356 e. The quantitative estimate of drug-likeness (QED) is 0.320. The lowest BCUT2D eigenvalue weighted by Gasteiger charge is -2.12. The summed E-state index contributed by atoms with van der Waals surface area (Å²) >= 11 is 0. The maximum Gasteiger partial charge on any atom is 0.251 e. The second-order valence-electron chi connectivity index (χ2n) is 5.42. The highest BCUT2D eigenvalue weighted by Gasteiger charge is 2.05. The Morgan fingerprint density at radius 3 is 2.81 bits per heavy atom. The average molecular weight is 471 g/mol. The standard InChI is InChI=1S/C17H25N7O.HI/c1-4-24-12-22-23-15(24)11-21-17(19-3)20-9-8-13-6-5-7-14(10-13)16(25)18-2;/h5-7,10,12H,4,8-9,11H2,1-3H3,(H,18,25)(H2,19,20,21);1H. The fourth-order valence-electron chi connectivity index (χ4n) is 2.40. The number of carbonyl (C=O) groups excluding carboxylic acids is 1. The Balaban J connectivity index is 0.00000338. The summed E-state index contributed by atoms with van der Waals surface area (Å²) in [5.74, 6) is 1.49. The van der Waals surface area contributed by atoms with Crippen molar-refractivity contribution in [3.05, 3.63) is 47.5 Å². The maximum absolute atomic E-state index is 11.7. The van der Waals surface area contributed by atoms with E-state index in [1.807, 2.05) is 29.7 Å². The number of nitrogens with zero attached hydrogens (tertiary/aromatic N) is 4. The third-order valence-electron chi connectivity index (χ3n) is 3.80. The zero-order valence-corrected chi connectivity index (χ0v) is 17.7. The van der Waals surface area contributed by atoms with Crippen molar-refractivity contribution >= 4 is 35.8 Å². The van der Waals surface area contributed by atoms with Crippen LogP contribution in [0.2, 0.25) is 0 Å². The summed E-state index contributed by atoms with van der Waals surface area (Å²) in [5, 5.41) is 17.1. The van der Waals surface area contributed by atoms with Crippen LogP contribution >= 0.6 is 24.0 Å². The highest BCUT2D eigenvalue weighted by atomic mass is 127. The number of benzene rings is 1. The monoisotopic (exact) mass is 471 g/mol. The molecule has 2 rings (SSSR count). The summed E-state index contributed by atoms with van der Waals surface area (Å²) in [5.41, 5.74) is 1.76. The van der Waals surface area contributed by atoms with Crippen LogP contribution in [-0.2, 0) is 19.5 Å². The number of amides is 1. The molecule has 1 heterocycles. The Labute approximate surface area is 170 Å². The van der Waals surface area contributed by atoms with Gasteiger partial charge in [-0.2, -0.15) is 0 Å². The van der Waals surface area contributed by atoms with E-state index < -0.39 is 0 Å². The molecule has 0 saturated heterocycles. The van der Waals surface area contributed by atoms with Crippen LogP contribution in [0, 0.1) is 0 Å². The van der Waals surface area contributed by atoms with Crippen LogP contribution in [0.3, 0.4) is 0 Å². The van der Waals surface area contributed by atoms with Gasteiger partial charge in [-0.05, 0) is 31.0 Å². The van der Waals surface area contributed by atoms with Gasteiger partial charge in [-0.3, -0.25) is 9.79 Å². The van der Waals surface area contributed by atoms with E-state index in [9.17, 15) is 4.79 Å². The number of halogens is 1. The first-order valence-corrected chi connectivity index (χ1v) is 8.30. The molecule has 142 valence electrons. The minimum atomic E-state index is -0.0766. The van der Waals surface area contributed by atoms with E-state index in [4.69, 9.17) is 0 Å². The van der Waals surface area contributed by atoms with Gasteiger partial charge in [-0.1, -0.05) is 12.1 Å². The molecule has 0 radical (unpaired) electrons. The zero-order chi connectivity index (χ0) is 18.1. The van der Waals surface area contributed by atoms with Crippen LogP contribution in [0.15, 0.2) is 35.6 Å². The molecule has 0 bridgehead atoms. The van der Waals surface area contributed by atoms with Crippen molar-refractivity contribution in [1.29, 1.82) is 0 Å². The van der Waals surface area contributed by atoms with Gasteiger partial charge in [-0.15, -0.1) is 34.2 Å². The number of aryl methyl sites for hydroxylation is 1. The molecule has 0 aliphatic carbocycles. The highest BCUT2D eigenvalue weighted by Crippen LogP contribution is 2.05. The first kappa shape index (κ1) is 21.9. The maximum atomic E-state index is 11.7. The summed E-state index contributed by atoms with van der Waals surface area (Å²) in [4.78, 5) is 15.9. The fraction of sp³-hybridized carbons (Fsp3) is 0.412. The van der Waals surface area contributed by atoms with Crippen LogP contribution in [-0.4, -0.2) is 47.3 Å². The van der Waals surface area contributed by atoms with Crippen molar-refractivity contribution in [2.75, 3.05) is 20.6 Å². The van der Waals surface area contributed by atoms with Crippen LogP contribution in [0.25, 0.3) is 0 Å².